The third-order valence-electron chi connectivity index (χ3n) is 3.21. The molecule has 2 aromatic rings. The summed E-state index contributed by atoms with van der Waals surface area (Å²) in [5.74, 6) is -0.205. The first-order valence-electron chi connectivity index (χ1n) is 6.46. The third-order valence-corrected chi connectivity index (χ3v) is 3.21. The van der Waals surface area contributed by atoms with Gasteiger partial charge < -0.3 is 10.4 Å². The van der Waals surface area contributed by atoms with Crippen LogP contribution >= 0.6 is 0 Å². The molecule has 0 heterocycles. The Hall–Kier alpha value is -1.87. The van der Waals surface area contributed by atoms with Crippen molar-refractivity contribution < 1.29 is 9.50 Å². The van der Waals surface area contributed by atoms with E-state index in [1.54, 1.807) is 12.1 Å². The number of hydrogen-bond donors (Lipinski definition) is 2. The van der Waals surface area contributed by atoms with Crippen molar-refractivity contribution in [3.05, 3.63) is 65.5 Å². The normalized spacial score (nSPS) is 12.2. The van der Waals surface area contributed by atoms with Gasteiger partial charge in [-0.05, 0) is 18.6 Å². The quantitative estimate of drug-likeness (QED) is 0.854. The van der Waals surface area contributed by atoms with Crippen LogP contribution < -0.4 is 5.32 Å². The van der Waals surface area contributed by atoms with Crippen LogP contribution in [0.25, 0.3) is 0 Å². The second kappa shape index (κ2) is 6.34. The Morgan fingerprint density at radius 2 is 1.79 bits per heavy atom. The lowest BCUT2D eigenvalue weighted by Crippen LogP contribution is -2.12. The predicted octanol–water partition coefficient (Wildman–Crippen LogP) is 3.88. The van der Waals surface area contributed by atoms with Crippen LogP contribution in [0.3, 0.4) is 0 Å². The second-order valence-corrected chi connectivity index (χ2v) is 4.44. The van der Waals surface area contributed by atoms with Crippen molar-refractivity contribution in [2.75, 3.05) is 5.32 Å². The van der Waals surface area contributed by atoms with E-state index in [1.165, 1.54) is 6.07 Å². The molecule has 19 heavy (non-hydrogen) atoms. The Kier molecular flexibility index (Phi) is 4.53. The van der Waals surface area contributed by atoms with Gasteiger partial charge in [-0.3, -0.25) is 0 Å². The molecule has 0 saturated heterocycles. The van der Waals surface area contributed by atoms with Crippen molar-refractivity contribution in [1.82, 2.24) is 0 Å². The summed E-state index contributed by atoms with van der Waals surface area (Å²) in [6.07, 6.45) is 0.765. The zero-order chi connectivity index (χ0) is 13.7. The molecule has 2 nitrogen and oxygen atoms in total. The first-order chi connectivity index (χ1) is 9.26. The molecular formula is C16H18FNO. The lowest BCUT2D eigenvalue weighted by Gasteiger charge is -2.21. The van der Waals surface area contributed by atoms with Gasteiger partial charge in [0.05, 0.1) is 12.6 Å². The first-order valence-corrected chi connectivity index (χ1v) is 6.46. The number of benzene rings is 2. The highest BCUT2D eigenvalue weighted by atomic mass is 19.1. The molecule has 0 aliphatic carbocycles. The van der Waals surface area contributed by atoms with E-state index in [-0.39, 0.29) is 18.5 Å². The Bertz CT molecular complexity index is 542. The monoisotopic (exact) mass is 259 g/mol. The molecule has 3 heteroatoms. The van der Waals surface area contributed by atoms with Gasteiger partial charge in [-0.1, -0.05) is 43.3 Å². The van der Waals surface area contributed by atoms with E-state index in [9.17, 15) is 9.50 Å². The third kappa shape index (κ3) is 3.12. The summed E-state index contributed by atoms with van der Waals surface area (Å²) in [5.41, 5.74) is 2.31. The summed E-state index contributed by atoms with van der Waals surface area (Å²) in [7, 11) is 0. The van der Waals surface area contributed by atoms with E-state index in [4.69, 9.17) is 0 Å². The van der Waals surface area contributed by atoms with Crippen LogP contribution in [0.15, 0.2) is 48.5 Å². The highest BCUT2D eigenvalue weighted by molar-refractivity contribution is 5.52. The molecule has 1 atom stereocenters. The van der Waals surface area contributed by atoms with Gasteiger partial charge in [0.15, 0.2) is 0 Å². The SMILES string of the molecule is CCC(Nc1ccccc1CO)c1ccccc1F. The summed E-state index contributed by atoms with van der Waals surface area (Å²) in [6, 6.07) is 14.2. The summed E-state index contributed by atoms with van der Waals surface area (Å²) in [5, 5.41) is 12.6. The van der Waals surface area contributed by atoms with Crippen LogP contribution in [0, 0.1) is 5.82 Å². The molecule has 2 N–H and O–H groups in total. The number of halogens is 1. The number of hydrogen-bond acceptors (Lipinski definition) is 2. The molecule has 0 aromatic heterocycles. The van der Waals surface area contributed by atoms with Gasteiger partial charge in [-0.15, -0.1) is 0 Å². The van der Waals surface area contributed by atoms with Gasteiger partial charge in [0.2, 0.25) is 0 Å². The highest BCUT2D eigenvalue weighted by Crippen LogP contribution is 2.26. The van der Waals surface area contributed by atoms with E-state index < -0.39 is 0 Å². The van der Waals surface area contributed by atoms with Crippen molar-refractivity contribution in [2.24, 2.45) is 0 Å². The van der Waals surface area contributed by atoms with Crippen molar-refractivity contribution in [2.45, 2.75) is 26.0 Å². The van der Waals surface area contributed by atoms with Gasteiger partial charge in [0, 0.05) is 16.8 Å². The van der Waals surface area contributed by atoms with Gasteiger partial charge in [-0.2, -0.15) is 0 Å². The van der Waals surface area contributed by atoms with Gasteiger partial charge >= 0.3 is 0 Å². The maximum Gasteiger partial charge on any atom is 0.128 e. The van der Waals surface area contributed by atoms with Crippen molar-refractivity contribution in [3.63, 3.8) is 0 Å². The molecule has 1 unspecified atom stereocenters. The number of nitrogens with one attached hydrogen (secondary N) is 1. The summed E-state index contributed by atoms with van der Waals surface area (Å²) < 4.78 is 13.8. The highest BCUT2D eigenvalue weighted by Gasteiger charge is 2.14. The minimum Gasteiger partial charge on any atom is -0.392 e. The lowest BCUT2D eigenvalue weighted by atomic mass is 10.0. The number of para-hydroxylation sites is 1. The molecule has 0 aliphatic heterocycles. The number of rotatable bonds is 5. The van der Waals surface area contributed by atoms with Crippen LogP contribution in [-0.4, -0.2) is 5.11 Å². The van der Waals surface area contributed by atoms with E-state index in [0.29, 0.717) is 5.56 Å². The van der Waals surface area contributed by atoms with Gasteiger partial charge in [-0.25, -0.2) is 4.39 Å². The lowest BCUT2D eigenvalue weighted by molar-refractivity contribution is 0.282. The van der Waals surface area contributed by atoms with Crippen LogP contribution in [0.1, 0.15) is 30.5 Å². The van der Waals surface area contributed by atoms with E-state index >= 15 is 0 Å². The molecule has 0 radical (unpaired) electrons. The Morgan fingerprint density at radius 1 is 1.11 bits per heavy atom. The van der Waals surface area contributed by atoms with Gasteiger partial charge in [0.25, 0.3) is 0 Å². The Morgan fingerprint density at radius 3 is 2.47 bits per heavy atom. The largest absolute Gasteiger partial charge is 0.392 e. The fraction of sp³-hybridized carbons (Fsp3) is 0.250. The zero-order valence-electron chi connectivity index (χ0n) is 10.9. The van der Waals surface area contributed by atoms with E-state index in [2.05, 4.69) is 5.32 Å². The summed E-state index contributed by atoms with van der Waals surface area (Å²) in [6.45, 7) is 1.97. The molecule has 0 aliphatic rings. The predicted molar refractivity (Wildman–Crippen MR) is 75.4 cm³/mol. The topological polar surface area (TPSA) is 32.3 Å². The number of aliphatic hydroxyl groups excluding tert-OH is 1. The second-order valence-electron chi connectivity index (χ2n) is 4.44. The van der Waals surface area contributed by atoms with Crippen LogP contribution in [-0.2, 0) is 6.61 Å². The molecule has 0 bridgehead atoms. The fourth-order valence-electron chi connectivity index (χ4n) is 2.14. The molecule has 0 fully saturated rings. The molecule has 2 aromatic carbocycles. The average molecular weight is 259 g/mol. The average Bonchev–Trinajstić information content (AvgIpc) is 2.46. The van der Waals surface area contributed by atoms with Crippen molar-refractivity contribution >= 4 is 5.69 Å². The number of aliphatic hydroxyl groups is 1. The fourth-order valence-corrected chi connectivity index (χ4v) is 2.14. The number of anilines is 1. The smallest absolute Gasteiger partial charge is 0.128 e. The molecule has 2 rings (SSSR count). The van der Waals surface area contributed by atoms with Crippen LogP contribution in [0.5, 0.6) is 0 Å². The van der Waals surface area contributed by atoms with Crippen LogP contribution in [0.4, 0.5) is 10.1 Å². The zero-order valence-corrected chi connectivity index (χ0v) is 10.9. The maximum atomic E-state index is 13.8. The molecule has 0 saturated carbocycles. The van der Waals surface area contributed by atoms with E-state index in [0.717, 1.165) is 17.7 Å². The minimum absolute atomic E-state index is 0.0309. The molecule has 0 spiro atoms. The Labute approximate surface area is 112 Å². The van der Waals surface area contributed by atoms with Gasteiger partial charge in [0.1, 0.15) is 5.82 Å². The summed E-state index contributed by atoms with van der Waals surface area (Å²) in [4.78, 5) is 0. The van der Waals surface area contributed by atoms with Crippen LogP contribution in [0.2, 0.25) is 0 Å². The first kappa shape index (κ1) is 13.6. The maximum absolute atomic E-state index is 13.8. The summed E-state index contributed by atoms with van der Waals surface area (Å²) >= 11 is 0. The minimum atomic E-state index is -0.205. The standard InChI is InChI=1S/C16H18FNO/c1-2-15(13-8-4-5-9-14(13)17)18-16-10-6-3-7-12(16)11-19/h3-10,15,18-19H,2,11H2,1H3. The molecule has 100 valence electrons. The molecular weight excluding hydrogens is 241 g/mol. The van der Waals surface area contributed by atoms with E-state index in [1.807, 2.05) is 37.3 Å². The Balaban J connectivity index is 2.27. The molecule has 0 amide bonds. The van der Waals surface area contributed by atoms with Crippen molar-refractivity contribution in [1.29, 1.82) is 0 Å². The van der Waals surface area contributed by atoms with Crippen molar-refractivity contribution in [3.8, 4) is 0 Å².